The zero-order valence-electron chi connectivity index (χ0n) is 17.9. The molecule has 1 aliphatic rings. The lowest BCUT2D eigenvalue weighted by Gasteiger charge is -2.20. The van der Waals surface area contributed by atoms with Gasteiger partial charge in [0, 0.05) is 11.1 Å². The number of aliphatic imine (C=N–C) groups is 1. The standard InChI is InChI=1S/C26H17Cl3N4O/c1-16-19(24(29)33(31-16)18-11-6-3-7-12-18)15-21-26(34)32(22-14-8-13-20(27)23(22)28)25(30-21)17-9-4-2-5-10-17/h2-15H,1H3/b21-15-. The number of carbonyl (C=O) groups is 1. The number of benzene rings is 3. The first kappa shape index (κ1) is 22.4. The minimum atomic E-state index is -0.342. The molecule has 1 aliphatic heterocycles. The molecule has 8 heteroatoms. The minimum absolute atomic E-state index is 0.215. The number of carbonyl (C=O) groups excluding carboxylic acids is 1. The number of rotatable bonds is 4. The molecule has 0 N–H and O–H groups in total. The fourth-order valence-electron chi connectivity index (χ4n) is 3.74. The Labute approximate surface area is 211 Å². The molecule has 0 fully saturated rings. The van der Waals surface area contributed by atoms with Gasteiger partial charge in [0.15, 0.2) is 0 Å². The highest BCUT2D eigenvalue weighted by molar-refractivity contribution is 6.46. The van der Waals surface area contributed by atoms with Crippen LogP contribution in [0.5, 0.6) is 0 Å². The number of halogens is 3. The molecule has 168 valence electrons. The summed E-state index contributed by atoms with van der Waals surface area (Å²) in [4.78, 5) is 19.8. The second-order valence-electron chi connectivity index (χ2n) is 7.58. The maximum atomic E-state index is 13.6. The van der Waals surface area contributed by atoms with Gasteiger partial charge in [-0.3, -0.25) is 9.69 Å². The van der Waals surface area contributed by atoms with Crippen LogP contribution in [0.25, 0.3) is 11.8 Å². The average molecular weight is 508 g/mol. The third-order valence-corrected chi connectivity index (χ3v) is 6.57. The molecule has 0 saturated heterocycles. The first-order chi connectivity index (χ1) is 16.5. The Hall–Kier alpha value is -3.38. The monoisotopic (exact) mass is 506 g/mol. The smallest absolute Gasteiger partial charge is 0.266 e. The van der Waals surface area contributed by atoms with Crippen LogP contribution in [0.1, 0.15) is 16.8 Å². The molecule has 0 atom stereocenters. The lowest BCUT2D eigenvalue weighted by molar-refractivity contribution is -0.113. The van der Waals surface area contributed by atoms with Crippen molar-refractivity contribution in [3.8, 4) is 5.69 Å². The number of amidine groups is 1. The van der Waals surface area contributed by atoms with Gasteiger partial charge in [-0.05, 0) is 37.3 Å². The molecule has 0 saturated carbocycles. The first-order valence-electron chi connectivity index (χ1n) is 10.4. The van der Waals surface area contributed by atoms with Gasteiger partial charge in [0.25, 0.3) is 5.91 Å². The Balaban J connectivity index is 1.65. The number of anilines is 1. The topological polar surface area (TPSA) is 50.5 Å². The number of aryl methyl sites for hydroxylation is 1. The van der Waals surface area contributed by atoms with Crippen LogP contribution in [0, 0.1) is 6.92 Å². The van der Waals surface area contributed by atoms with Crippen molar-refractivity contribution in [2.45, 2.75) is 6.92 Å². The van der Waals surface area contributed by atoms with Gasteiger partial charge in [0.2, 0.25) is 0 Å². The van der Waals surface area contributed by atoms with E-state index in [9.17, 15) is 4.79 Å². The number of para-hydroxylation sites is 1. The molecule has 0 bridgehead atoms. The summed E-state index contributed by atoms with van der Waals surface area (Å²) >= 11 is 19.4. The van der Waals surface area contributed by atoms with E-state index < -0.39 is 0 Å². The molecule has 0 aliphatic carbocycles. The molecular formula is C26H17Cl3N4O. The van der Waals surface area contributed by atoms with Gasteiger partial charge in [-0.1, -0.05) is 89.4 Å². The van der Waals surface area contributed by atoms with E-state index in [1.807, 2.05) is 67.6 Å². The zero-order chi connectivity index (χ0) is 23.8. The maximum absolute atomic E-state index is 13.6. The van der Waals surface area contributed by atoms with Crippen LogP contribution in [-0.2, 0) is 4.79 Å². The average Bonchev–Trinajstić information content (AvgIpc) is 3.33. The third-order valence-electron chi connectivity index (χ3n) is 5.39. The number of hydrogen-bond acceptors (Lipinski definition) is 3. The Kier molecular flexibility index (Phi) is 6.00. The summed E-state index contributed by atoms with van der Waals surface area (Å²) in [5.41, 5.74) is 3.53. The Morgan fingerprint density at radius 3 is 2.24 bits per heavy atom. The van der Waals surface area contributed by atoms with E-state index in [1.54, 1.807) is 29.0 Å². The van der Waals surface area contributed by atoms with Crippen molar-refractivity contribution in [2.75, 3.05) is 4.90 Å². The summed E-state index contributed by atoms with van der Waals surface area (Å²) in [6.07, 6.45) is 1.66. The predicted octanol–water partition coefficient (Wildman–Crippen LogP) is 6.98. The normalized spacial score (nSPS) is 14.7. The van der Waals surface area contributed by atoms with Gasteiger partial charge in [0.1, 0.15) is 16.7 Å². The van der Waals surface area contributed by atoms with Crippen molar-refractivity contribution in [2.24, 2.45) is 4.99 Å². The van der Waals surface area contributed by atoms with Gasteiger partial charge in [-0.2, -0.15) is 5.10 Å². The van der Waals surface area contributed by atoms with Crippen LogP contribution in [0.15, 0.2) is 89.6 Å². The number of amides is 1. The number of hydrogen-bond donors (Lipinski definition) is 0. The summed E-state index contributed by atoms with van der Waals surface area (Å²) in [6.45, 7) is 1.84. The van der Waals surface area contributed by atoms with E-state index in [2.05, 4.69) is 10.1 Å². The molecule has 5 nitrogen and oxygen atoms in total. The van der Waals surface area contributed by atoms with E-state index in [4.69, 9.17) is 34.8 Å². The van der Waals surface area contributed by atoms with Gasteiger partial charge in [-0.25, -0.2) is 9.67 Å². The van der Waals surface area contributed by atoms with Gasteiger partial charge in [0.05, 0.1) is 27.1 Å². The minimum Gasteiger partial charge on any atom is -0.266 e. The van der Waals surface area contributed by atoms with E-state index in [0.29, 0.717) is 33.0 Å². The van der Waals surface area contributed by atoms with Crippen molar-refractivity contribution >= 4 is 58.3 Å². The van der Waals surface area contributed by atoms with Gasteiger partial charge in [-0.15, -0.1) is 0 Å². The summed E-state index contributed by atoms with van der Waals surface area (Å²) < 4.78 is 1.64. The van der Waals surface area contributed by atoms with Crippen LogP contribution < -0.4 is 4.90 Å². The molecule has 34 heavy (non-hydrogen) atoms. The summed E-state index contributed by atoms with van der Waals surface area (Å²) in [7, 11) is 0. The highest BCUT2D eigenvalue weighted by atomic mass is 35.5. The van der Waals surface area contributed by atoms with Crippen molar-refractivity contribution in [3.05, 3.63) is 117 Å². The molecule has 2 heterocycles. The lowest BCUT2D eigenvalue weighted by atomic mass is 10.1. The Bertz CT molecular complexity index is 1460. The van der Waals surface area contributed by atoms with Gasteiger partial charge >= 0.3 is 0 Å². The summed E-state index contributed by atoms with van der Waals surface area (Å²) in [5.74, 6) is 0.108. The van der Waals surface area contributed by atoms with Gasteiger partial charge < -0.3 is 0 Å². The van der Waals surface area contributed by atoms with Crippen molar-refractivity contribution in [1.29, 1.82) is 0 Å². The fourth-order valence-corrected chi connectivity index (χ4v) is 4.45. The van der Waals surface area contributed by atoms with Crippen LogP contribution in [0.2, 0.25) is 15.2 Å². The zero-order valence-corrected chi connectivity index (χ0v) is 20.2. The van der Waals surface area contributed by atoms with Crippen molar-refractivity contribution in [3.63, 3.8) is 0 Å². The van der Waals surface area contributed by atoms with Crippen molar-refractivity contribution < 1.29 is 4.79 Å². The second-order valence-corrected chi connectivity index (χ2v) is 8.72. The maximum Gasteiger partial charge on any atom is 0.282 e. The Morgan fingerprint density at radius 1 is 0.853 bits per heavy atom. The molecule has 4 aromatic rings. The van der Waals surface area contributed by atoms with E-state index >= 15 is 0 Å². The molecule has 0 spiro atoms. The van der Waals surface area contributed by atoms with Crippen LogP contribution in [0.4, 0.5) is 5.69 Å². The molecule has 0 radical (unpaired) electrons. The quantitative estimate of drug-likeness (QED) is 0.280. The Morgan fingerprint density at radius 2 is 1.53 bits per heavy atom. The summed E-state index contributed by atoms with van der Waals surface area (Å²) in [6, 6.07) is 24.1. The number of aromatic nitrogens is 2. The SMILES string of the molecule is Cc1nn(-c2ccccc2)c(Cl)c1/C=C1\N=C(c2ccccc2)N(c2cccc(Cl)c2Cl)C1=O. The van der Waals surface area contributed by atoms with Crippen LogP contribution >= 0.6 is 34.8 Å². The van der Waals surface area contributed by atoms with Crippen molar-refractivity contribution in [1.82, 2.24) is 9.78 Å². The van der Waals surface area contributed by atoms with Crippen LogP contribution in [-0.4, -0.2) is 21.5 Å². The largest absolute Gasteiger partial charge is 0.282 e. The van der Waals surface area contributed by atoms with E-state index in [1.165, 1.54) is 4.90 Å². The molecule has 1 aromatic heterocycles. The van der Waals surface area contributed by atoms with E-state index in [-0.39, 0.29) is 16.6 Å². The molecule has 1 amide bonds. The molecule has 3 aromatic carbocycles. The second kappa shape index (κ2) is 9.11. The van der Waals surface area contributed by atoms with E-state index in [0.717, 1.165) is 11.3 Å². The fraction of sp³-hybridized carbons (Fsp3) is 0.0385. The third kappa shape index (κ3) is 3.92. The molecule has 5 rings (SSSR count). The number of nitrogens with zero attached hydrogens (tertiary/aromatic N) is 4. The predicted molar refractivity (Wildman–Crippen MR) is 138 cm³/mol. The highest BCUT2D eigenvalue weighted by Gasteiger charge is 2.34. The summed E-state index contributed by atoms with van der Waals surface area (Å²) in [5, 5.41) is 5.56. The lowest BCUT2D eigenvalue weighted by Crippen LogP contribution is -2.32. The molecule has 0 unspecified atom stereocenters. The highest BCUT2D eigenvalue weighted by Crippen LogP contribution is 2.37. The molecular weight excluding hydrogens is 491 g/mol. The first-order valence-corrected chi connectivity index (χ1v) is 11.5. The van der Waals surface area contributed by atoms with Crippen LogP contribution in [0.3, 0.4) is 0 Å².